The average Bonchev–Trinajstić information content (AvgIpc) is 2.46. The first kappa shape index (κ1) is 12.6. The van der Waals surface area contributed by atoms with Crippen LogP contribution < -0.4 is 0 Å². The van der Waals surface area contributed by atoms with Crippen LogP contribution in [-0.2, 0) is 9.47 Å². The molecule has 2 atom stereocenters. The Labute approximate surface area is 106 Å². The quantitative estimate of drug-likeness (QED) is 0.811. The second-order valence-corrected chi connectivity index (χ2v) is 4.16. The number of ether oxygens (including phenoxy) is 2. The van der Waals surface area contributed by atoms with Gasteiger partial charge in [-0.05, 0) is 5.56 Å². The zero-order valence-electron chi connectivity index (χ0n) is 9.95. The van der Waals surface area contributed by atoms with E-state index in [1.807, 2.05) is 30.3 Å². The van der Waals surface area contributed by atoms with Gasteiger partial charge in [0.15, 0.2) is 0 Å². The number of nitrogens with zero attached hydrogens (tertiary/aromatic N) is 2. The van der Waals surface area contributed by atoms with Crippen LogP contribution >= 0.6 is 0 Å². The molecule has 4 nitrogen and oxygen atoms in total. The third kappa shape index (κ3) is 2.68. The average molecular weight is 242 g/mol. The molecule has 0 aliphatic carbocycles. The first-order valence-electron chi connectivity index (χ1n) is 5.90. The number of benzene rings is 1. The molecule has 0 N–H and O–H groups in total. The van der Waals surface area contributed by atoms with Crippen LogP contribution in [0.3, 0.4) is 0 Å². The van der Waals surface area contributed by atoms with Crippen LogP contribution in [-0.4, -0.2) is 25.9 Å². The van der Waals surface area contributed by atoms with Crippen molar-refractivity contribution in [3.05, 3.63) is 35.9 Å². The molecule has 18 heavy (non-hydrogen) atoms. The van der Waals surface area contributed by atoms with Gasteiger partial charge in [-0.15, -0.1) is 0 Å². The van der Waals surface area contributed by atoms with Crippen molar-refractivity contribution in [3.63, 3.8) is 0 Å². The van der Waals surface area contributed by atoms with Gasteiger partial charge < -0.3 is 9.47 Å². The van der Waals surface area contributed by atoms with E-state index in [0.29, 0.717) is 19.8 Å². The lowest BCUT2D eigenvalue weighted by Crippen LogP contribution is -2.36. The molecule has 0 saturated carbocycles. The van der Waals surface area contributed by atoms with Gasteiger partial charge in [-0.25, -0.2) is 0 Å². The molecule has 2 rings (SSSR count). The Balaban J connectivity index is 2.29. The van der Waals surface area contributed by atoms with E-state index in [0.717, 1.165) is 5.56 Å². The normalized spacial score (nSPS) is 20.9. The largest absolute Gasteiger partial charge is 0.376 e. The van der Waals surface area contributed by atoms with Crippen LogP contribution in [0.25, 0.3) is 0 Å². The fourth-order valence-corrected chi connectivity index (χ4v) is 2.20. The highest BCUT2D eigenvalue weighted by molar-refractivity contribution is 5.26. The van der Waals surface area contributed by atoms with Crippen molar-refractivity contribution in [2.45, 2.75) is 12.0 Å². The molecular weight excluding hydrogens is 228 g/mol. The summed E-state index contributed by atoms with van der Waals surface area (Å²) in [6.07, 6.45) is -0.231. The Morgan fingerprint density at radius 2 is 1.83 bits per heavy atom. The maximum atomic E-state index is 9.12. The van der Waals surface area contributed by atoms with Gasteiger partial charge in [0.05, 0.1) is 38.1 Å². The number of hydrogen-bond donors (Lipinski definition) is 0. The Bertz CT molecular complexity index is 441. The standard InChI is InChI=1S/C14H14N2O2/c15-8-12(9-16)14(11-4-2-1-3-5-11)13-10-17-6-7-18-13/h1-5,12-14H,6-7,10H2. The minimum absolute atomic E-state index is 0.231. The third-order valence-electron chi connectivity index (χ3n) is 3.06. The van der Waals surface area contributed by atoms with Crippen LogP contribution in [0.4, 0.5) is 0 Å². The molecule has 1 aromatic rings. The fourth-order valence-electron chi connectivity index (χ4n) is 2.20. The van der Waals surface area contributed by atoms with Gasteiger partial charge in [-0.2, -0.15) is 10.5 Å². The highest BCUT2D eigenvalue weighted by Crippen LogP contribution is 2.30. The van der Waals surface area contributed by atoms with Gasteiger partial charge >= 0.3 is 0 Å². The topological polar surface area (TPSA) is 66.0 Å². The zero-order chi connectivity index (χ0) is 12.8. The van der Waals surface area contributed by atoms with E-state index < -0.39 is 5.92 Å². The molecule has 1 heterocycles. The maximum absolute atomic E-state index is 9.12. The van der Waals surface area contributed by atoms with Crippen LogP contribution in [0.15, 0.2) is 30.3 Å². The van der Waals surface area contributed by atoms with Crippen molar-refractivity contribution in [3.8, 4) is 12.1 Å². The Kier molecular flexibility index (Phi) is 4.30. The summed E-state index contributed by atoms with van der Waals surface area (Å²) >= 11 is 0. The monoisotopic (exact) mass is 242 g/mol. The van der Waals surface area contributed by atoms with Crippen molar-refractivity contribution < 1.29 is 9.47 Å². The predicted octanol–water partition coefficient (Wildman–Crippen LogP) is 1.85. The van der Waals surface area contributed by atoms with Gasteiger partial charge in [0.1, 0.15) is 5.92 Å². The third-order valence-corrected chi connectivity index (χ3v) is 3.06. The Morgan fingerprint density at radius 1 is 1.11 bits per heavy atom. The lowest BCUT2D eigenvalue weighted by molar-refractivity contribution is -0.100. The summed E-state index contributed by atoms with van der Waals surface area (Å²) in [6, 6.07) is 13.7. The first-order valence-corrected chi connectivity index (χ1v) is 5.90. The molecule has 0 amide bonds. The molecule has 0 radical (unpaired) electrons. The summed E-state index contributed by atoms with van der Waals surface area (Å²) in [5, 5.41) is 18.2. The first-order chi connectivity index (χ1) is 8.86. The SMILES string of the molecule is N#CC(C#N)C(c1ccccc1)C1COCCO1. The van der Waals surface area contributed by atoms with E-state index in [1.165, 1.54) is 0 Å². The van der Waals surface area contributed by atoms with Crippen LogP contribution in [0, 0.1) is 28.6 Å². The van der Waals surface area contributed by atoms with E-state index in [1.54, 1.807) is 0 Å². The molecule has 1 aliphatic rings. The highest BCUT2D eigenvalue weighted by atomic mass is 16.6. The molecule has 1 fully saturated rings. The Morgan fingerprint density at radius 3 is 2.39 bits per heavy atom. The van der Waals surface area contributed by atoms with Crippen LogP contribution in [0.5, 0.6) is 0 Å². The molecule has 1 aromatic carbocycles. The summed E-state index contributed by atoms with van der Waals surface area (Å²) < 4.78 is 11.0. The number of rotatable bonds is 3. The molecule has 2 unspecified atom stereocenters. The maximum Gasteiger partial charge on any atom is 0.142 e. The second kappa shape index (κ2) is 6.16. The van der Waals surface area contributed by atoms with Gasteiger partial charge in [-0.3, -0.25) is 0 Å². The lowest BCUT2D eigenvalue weighted by Gasteiger charge is -2.31. The molecule has 0 aromatic heterocycles. The van der Waals surface area contributed by atoms with Crippen LogP contribution in [0.1, 0.15) is 11.5 Å². The van der Waals surface area contributed by atoms with E-state index in [-0.39, 0.29) is 12.0 Å². The second-order valence-electron chi connectivity index (χ2n) is 4.16. The van der Waals surface area contributed by atoms with Crippen molar-refractivity contribution in [2.24, 2.45) is 5.92 Å². The Hall–Kier alpha value is -1.88. The van der Waals surface area contributed by atoms with Gasteiger partial charge in [0.2, 0.25) is 0 Å². The fraction of sp³-hybridized carbons (Fsp3) is 0.429. The van der Waals surface area contributed by atoms with E-state index in [9.17, 15) is 0 Å². The summed E-state index contributed by atoms with van der Waals surface area (Å²) in [5.41, 5.74) is 0.945. The van der Waals surface area contributed by atoms with Crippen molar-refractivity contribution in [2.75, 3.05) is 19.8 Å². The lowest BCUT2D eigenvalue weighted by atomic mass is 9.83. The van der Waals surface area contributed by atoms with Crippen molar-refractivity contribution in [1.82, 2.24) is 0 Å². The van der Waals surface area contributed by atoms with E-state index in [2.05, 4.69) is 12.1 Å². The van der Waals surface area contributed by atoms with Crippen molar-refractivity contribution >= 4 is 0 Å². The summed E-state index contributed by atoms with van der Waals surface area (Å²) in [6.45, 7) is 1.51. The molecule has 4 heteroatoms. The minimum Gasteiger partial charge on any atom is -0.376 e. The highest BCUT2D eigenvalue weighted by Gasteiger charge is 2.33. The molecule has 0 spiro atoms. The summed E-state index contributed by atoms with van der Waals surface area (Å²) in [5.74, 6) is -0.986. The summed E-state index contributed by atoms with van der Waals surface area (Å²) in [7, 11) is 0. The number of hydrogen-bond acceptors (Lipinski definition) is 4. The molecular formula is C14H14N2O2. The van der Waals surface area contributed by atoms with Crippen LogP contribution in [0.2, 0.25) is 0 Å². The molecule has 1 aliphatic heterocycles. The zero-order valence-corrected chi connectivity index (χ0v) is 9.95. The van der Waals surface area contributed by atoms with Gasteiger partial charge in [0, 0.05) is 5.92 Å². The number of nitriles is 2. The predicted molar refractivity (Wildman–Crippen MR) is 64.5 cm³/mol. The summed E-state index contributed by atoms with van der Waals surface area (Å²) in [4.78, 5) is 0. The smallest absolute Gasteiger partial charge is 0.142 e. The van der Waals surface area contributed by atoms with Gasteiger partial charge in [-0.1, -0.05) is 30.3 Å². The molecule has 92 valence electrons. The van der Waals surface area contributed by atoms with Crippen molar-refractivity contribution in [1.29, 1.82) is 10.5 Å². The molecule has 1 saturated heterocycles. The van der Waals surface area contributed by atoms with E-state index >= 15 is 0 Å². The molecule has 0 bridgehead atoms. The minimum atomic E-state index is -0.723. The van der Waals surface area contributed by atoms with Gasteiger partial charge in [0.25, 0.3) is 0 Å². The van der Waals surface area contributed by atoms with E-state index in [4.69, 9.17) is 20.0 Å².